The first-order valence-corrected chi connectivity index (χ1v) is 9.55. The van der Waals surface area contributed by atoms with Crippen LogP contribution in [0.1, 0.15) is 15.9 Å². The Morgan fingerprint density at radius 3 is 2.69 bits per heavy atom. The first-order chi connectivity index (χ1) is 14.2. The van der Waals surface area contributed by atoms with Gasteiger partial charge in [-0.15, -0.1) is 0 Å². The second kappa shape index (κ2) is 7.21. The van der Waals surface area contributed by atoms with Crippen LogP contribution in [0.25, 0.3) is 5.65 Å². The van der Waals surface area contributed by atoms with Crippen molar-refractivity contribution in [1.29, 1.82) is 0 Å². The third-order valence-electron chi connectivity index (χ3n) is 5.38. The number of pyridine rings is 1. The number of anilines is 1. The first-order valence-electron chi connectivity index (χ1n) is 9.55. The molecule has 148 valence electrons. The van der Waals surface area contributed by atoms with E-state index in [0.29, 0.717) is 30.8 Å². The lowest BCUT2D eigenvalue weighted by molar-refractivity contribution is 0.112. The molecule has 2 aliphatic heterocycles. The smallest absolute Gasteiger partial charge is 0.270 e. The Morgan fingerprint density at radius 2 is 1.86 bits per heavy atom. The molecule has 0 N–H and O–H groups in total. The fourth-order valence-electron chi connectivity index (χ4n) is 3.85. The molecule has 1 aromatic carbocycles. The molecule has 0 bridgehead atoms. The second-order valence-corrected chi connectivity index (χ2v) is 7.15. The number of hydrogen-bond donors (Lipinski definition) is 0. The van der Waals surface area contributed by atoms with Crippen molar-refractivity contribution in [1.82, 2.24) is 14.3 Å². The number of aldehydes is 1. The van der Waals surface area contributed by atoms with Gasteiger partial charge in [-0.25, -0.2) is 4.98 Å². The standard InChI is InChI=1S/C21H20N4O4/c26-13-16-20(22-19-3-1-2-6-25(19)21(16)27)24-9-7-23(8-10-24)12-15-4-5-17-18(11-15)29-14-28-17/h1-6,11,13H,7-10,12,14H2. The molecule has 4 heterocycles. The number of rotatable bonds is 4. The zero-order valence-corrected chi connectivity index (χ0v) is 15.8. The number of hydrogen-bond acceptors (Lipinski definition) is 7. The number of carbonyl (C=O) groups is 1. The summed E-state index contributed by atoms with van der Waals surface area (Å²) in [5.74, 6) is 2.05. The van der Waals surface area contributed by atoms with Crippen LogP contribution in [0.4, 0.5) is 5.82 Å². The summed E-state index contributed by atoms with van der Waals surface area (Å²) < 4.78 is 12.2. The van der Waals surface area contributed by atoms with Crippen LogP contribution < -0.4 is 19.9 Å². The predicted molar refractivity (Wildman–Crippen MR) is 107 cm³/mol. The van der Waals surface area contributed by atoms with E-state index in [0.717, 1.165) is 31.1 Å². The molecule has 2 aromatic heterocycles. The van der Waals surface area contributed by atoms with Gasteiger partial charge in [-0.1, -0.05) is 12.1 Å². The highest BCUT2D eigenvalue weighted by Crippen LogP contribution is 2.33. The predicted octanol–water partition coefficient (Wildman–Crippen LogP) is 1.56. The fraction of sp³-hybridized carbons (Fsp3) is 0.286. The molecule has 0 aliphatic carbocycles. The zero-order chi connectivity index (χ0) is 19.8. The van der Waals surface area contributed by atoms with E-state index in [-0.39, 0.29) is 17.9 Å². The van der Waals surface area contributed by atoms with Gasteiger partial charge < -0.3 is 14.4 Å². The minimum atomic E-state index is -0.330. The van der Waals surface area contributed by atoms with E-state index in [2.05, 4.69) is 16.0 Å². The number of aromatic nitrogens is 2. The number of nitrogens with zero attached hydrogens (tertiary/aromatic N) is 4. The maximum absolute atomic E-state index is 12.7. The largest absolute Gasteiger partial charge is 0.454 e. The molecule has 0 saturated carbocycles. The van der Waals surface area contributed by atoms with Crippen molar-refractivity contribution in [2.24, 2.45) is 0 Å². The van der Waals surface area contributed by atoms with Crippen LogP contribution in [0.15, 0.2) is 47.4 Å². The van der Waals surface area contributed by atoms with Gasteiger partial charge >= 0.3 is 0 Å². The topological polar surface area (TPSA) is 76.4 Å². The van der Waals surface area contributed by atoms with Crippen molar-refractivity contribution in [2.75, 3.05) is 37.9 Å². The lowest BCUT2D eigenvalue weighted by atomic mass is 10.1. The number of piperazine rings is 1. The normalized spacial score (nSPS) is 16.3. The molecule has 0 spiro atoms. The molecular weight excluding hydrogens is 372 g/mol. The summed E-state index contributed by atoms with van der Waals surface area (Å²) in [7, 11) is 0. The van der Waals surface area contributed by atoms with Crippen LogP contribution in [0, 0.1) is 0 Å². The molecule has 29 heavy (non-hydrogen) atoms. The van der Waals surface area contributed by atoms with Crippen LogP contribution in [-0.2, 0) is 6.54 Å². The van der Waals surface area contributed by atoms with Crippen molar-refractivity contribution in [3.05, 3.63) is 64.1 Å². The molecule has 0 atom stereocenters. The highest BCUT2D eigenvalue weighted by atomic mass is 16.7. The highest BCUT2D eigenvalue weighted by Gasteiger charge is 2.23. The Labute approximate surface area is 166 Å². The Bertz CT molecular complexity index is 1140. The van der Waals surface area contributed by atoms with E-state index in [1.54, 1.807) is 18.3 Å². The summed E-state index contributed by atoms with van der Waals surface area (Å²) in [5, 5.41) is 0. The Balaban J connectivity index is 1.33. The summed E-state index contributed by atoms with van der Waals surface area (Å²) in [6.07, 6.45) is 2.24. The van der Waals surface area contributed by atoms with Gasteiger partial charge in [0.2, 0.25) is 6.79 Å². The first kappa shape index (κ1) is 17.7. The minimum absolute atomic E-state index is 0.109. The van der Waals surface area contributed by atoms with Gasteiger partial charge in [0.15, 0.2) is 17.8 Å². The average Bonchev–Trinajstić information content (AvgIpc) is 3.22. The Hall–Kier alpha value is -3.39. The molecule has 2 aliphatic rings. The quantitative estimate of drug-likeness (QED) is 0.624. The highest BCUT2D eigenvalue weighted by molar-refractivity contribution is 5.83. The van der Waals surface area contributed by atoms with Gasteiger partial charge in [0.05, 0.1) is 0 Å². The summed E-state index contributed by atoms with van der Waals surface area (Å²) in [5.41, 5.74) is 1.49. The number of carbonyl (C=O) groups excluding carboxylic acids is 1. The van der Waals surface area contributed by atoms with Crippen LogP contribution in [0.3, 0.4) is 0 Å². The van der Waals surface area contributed by atoms with E-state index in [1.165, 1.54) is 9.96 Å². The molecule has 8 nitrogen and oxygen atoms in total. The van der Waals surface area contributed by atoms with Gasteiger partial charge in [-0.3, -0.25) is 18.9 Å². The van der Waals surface area contributed by atoms with E-state index in [4.69, 9.17) is 9.47 Å². The van der Waals surface area contributed by atoms with E-state index in [9.17, 15) is 9.59 Å². The van der Waals surface area contributed by atoms with Crippen molar-refractivity contribution in [3.8, 4) is 11.5 Å². The van der Waals surface area contributed by atoms with Gasteiger partial charge in [0, 0.05) is 38.9 Å². The summed E-state index contributed by atoms with van der Waals surface area (Å²) in [4.78, 5) is 33.2. The molecule has 0 amide bonds. The fourth-order valence-corrected chi connectivity index (χ4v) is 3.85. The maximum Gasteiger partial charge on any atom is 0.270 e. The molecular formula is C21H20N4O4. The lowest BCUT2D eigenvalue weighted by Crippen LogP contribution is -2.47. The summed E-state index contributed by atoms with van der Waals surface area (Å²) in [6, 6.07) is 11.4. The minimum Gasteiger partial charge on any atom is -0.454 e. The van der Waals surface area contributed by atoms with Crippen LogP contribution in [-0.4, -0.2) is 53.5 Å². The van der Waals surface area contributed by atoms with Crippen LogP contribution >= 0.6 is 0 Å². The molecule has 5 rings (SSSR count). The van der Waals surface area contributed by atoms with Gasteiger partial charge in [-0.2, -0.15) is 0 Å². The van der Waals surface area contributed by atoms with E-state index in [1.807, 2.05) is 23.1 Å². The van der Waals surface area contributed by atoms with Gasteiger partial charge in [0.1, 0.15) is 17.0 Å². The second-order valence-electron chi connectivity index (χ2n) is 7.15. The van der Waals surface area contributed by atoms with E-state index >= 15 is 0 Å². The molecule has 3 aromatic rings. The molecule has 0 unspecified atom stereocenters. The molecule has 8 heteroatoms. The maximum atomic E-state index is 12.7. The molecule has 1 fully saturated rings. The third kappa shape index (κ3) is 3.21. The van der Waals surface area contributed by atoms with Gasteiger partial charge in [-0.05, 0) is 29.8 Å². The van der Waals surface area contributed by atoms with Crippen molar-refractivity contribution in [3.63, 3.8) is 0 Å². The Kier molecular flexibility index (Phi) is 4.40. The molecule has 1 saturated heterocycles. The van der Waals surface area contributed by atoms with Crippen molar-refractivity contribution >= 4 is 17.8 Å². The number of fused-ring (bicyclic) bond motifs is 2. The van der Waals surface area contributed by atoms with Crippen LogP contribution in [0.2, 0.25) is 0 Å². The SMILES string of the molecule is O=Cc1c(N2CCN(Cc3ccc4c(c3)OCO4)CC2)nc2ccccn2c1=O. The Morgan fingerprint density at radius 1 is 1.03 bits per heavy atom. The van der Waals surface area contributed by atoms with Gasteiger partial charge in [0.25, 0.3) is 5.56 Å². The van der Waals surface area contributed by atoms with Crippen molar-refractivity contribution < 1.29 is 14.3 Å². The summed E-state index contributed by atoms with van der Waals surface area (Å²) >= 11 is 0. The van der Waals surface area contributed by atoms with Crippen molar-refractivity contribution in [2.45, 2.75) is 6.54 Å². The average molecular weight is 392 g/mol. The summed E-state index contributed by atoms with van der Waals surface area (Å²) in [6.45, 7) is 4.08. The number of ether oxygens (including phenoxy) is 2. The number of benzene rings is 1. The lowest BCUT2D eigenvalue weighted by Gasteiger charge is -2.35. The van der Waals surface area contributed by atoms with Crippen LogP contribution in [0.5, 0.6) is 11.5 Å². The zero-order valence-electron chi connectivity index (χ0n) is 15.8. The monoisotopic (exact) mass is 392 g/mol. The molecule has 0 radical (unpaired) electrons. The third-order valence-corrected chi connectivity index (χ3v) is 5.38. The van der Waals surface area contributed by atoms with E-state index < -0.39 is 0 Å².